The van der Waals surface area contributed by atoms with E-state index < -0.39 is 35.6 Å². The number of ketones is 1. The summed E-state index contributed by atoms with van der Waals surface area (Å²) >= 11 is 1.56. The largest absolute Gasteiger partial charge is 0.458 e. The fourth-order valence-electron chi connectivity index (χ4n) is 5.07. The molecule has 0 amide bonds. The van der Waals surface area contributed by atoms with Gasteiger partial charge in [-0.25, -0.2) is 4.98 Å². The van der Waals surface area contributed by atoms with Gasteiger partial charge in [-0.15, -0.1) is 11.3 Å². The van der Waals surface area contributed by atoms with E-state index in [0.29, 0.717) is 6.42 Å². The van der Waals surface area contributed by atoms with Crippen LogP contribution in [0.15, 0.2) is 11.0 Å². The normalized spacial score (nSPS) is 37.5. The van der Waals surface area contributed by atoms with Crippen molar-refractivity contribution >= 4 is 29.2 Å². The maximum atomic E-state index is 13.2. The number of esters is 1. The summed E-state index contributed by atoms with van der Waals surface area (Å²) in [6.07, 6.45) is 1.98. The molecular formula is C27H41NO6S. The zero-order valence-corrected chi connectivity index (χ0v) is 22.9. The number of aliphatic hydroxyl groups is 2. The zero-order valence-electron chi connectivity index (χ0n) is 22.0. The van der Waals surface area contributed by atoms with Crippen LogP contribution >= 0.6 is 11.3 Å². The third kappa shape index (κ3) is 6.59. The van der Waals surface area contributed by atoms with Crippen molar-refractivity contribution in [2.24, 2.45) is 17.3 Å². The molecule has 0 bridgehead atoms. The SMILES string of the molecule is C/C(=C\c1csc(C)n1)[C@@H]1CC2OC2(C)CCC[C@H](C)[C@H](O)[C@@H](C)C(=O)C(C)(C)[C@@H](O)CC(=O)O1. The number of fused-ring (bicyclic) bond motifs is 1. The average Bonchev–Trinajstić information content (AvgIpc) is 3.22. The summed E-state index contributed by atoms with van der Waals surface area (Å²) in [5.41, 5.74) is 0.179. The summed E-state index contributed by atoms with van der Waals surface area (Å²) in [7, 11) is 0. The number of aryl methyl sites for hydroxylation is 1. The molecule has 2 N–H and O–H groups in total. The van der Waals surface area contributed by atoms with Gasteiger partial charge < -0.3 is 19.7 Å². The number of carbonyl (C=O) groups excluding carboxylic acids is 2. The van der Waals surface area contributed by atoms with Gasteiger partial charge in [-0.1, -0.05) is 34.1 Å². The first-order valence-corrected chi connectivity index (χ1v) is 13.5. The highest BCUT2D eigenvalue weighted by atomic mass is 32.1. The number of aliphatic hydroxyl groups excluding tert-OH is 2. The number of ether oxygens (including phenoxy) is 2. The monoisotopic (exact) mass is 507 g/mol. The number of nitrogens with zero attached hydrogens (tertiary/aromatic N) is 1. The highest BCUT2D eigenvalue weighted by molar-refractivity contribution is 7.09. The van der Waals surface area contributed by atoms with Gasteiger partial charge in [0.1, 0.15) is 11.9 Å². The van der Waals surface area contributed by atoms with E-state index in [0.717, 1.165) is 35.5 Å². The van der Waals surface area contributed by atoms with Crippen molar-refractivity contribution in [2.45, 2.75) is 111 Å². The molecule has 196 valence electrons. The highest BCUT2D eigenvalue weighted by Crippen LogP contribution is 2.45. The molecule has 2 aliphatic rings. The van der Waals surface area contributed by atoms with Crippen LogP contribution in [-0.4, -0.2) is 57.0 Å². The lowest BCUT2D eigenvalue weighted by Gasteiger charge is -2.34. The number of Topliss-reactive ketones (excluding diaryl/α,β-unsaturated/α-hetero) is 1. The van der Waals surface area contributed by atoms with Gasteiger partial charge in [-0.05, 0) is 51.2 Å². The Kier molecular flexibility index (Phi) is 8.62. The predicted molar refractivity (Wildman–Crippen MR) is 136 cm³/mol. The number of cyclic esters (lactones) is 1. The van der Waals surface area contributed by atoms with Crippen molar-refractivity contribution in [2.75, 3.05) is 0 Å². The van der Waals surface area contributed by atoms with E-state index in [1.807, 2.05) is 32.2 Å². The van der Waals surface area contributed by atoms with Gasteiger partial charge >= 0.3 is 5.97 Å². The molecule has 0 aliphatic carbocycles. The van der Waals surface area contributed by atoms with Crippen LogP contribution in [0, 0.1) is 24.2 Å². The smallest absolute Gasteiger partial charge is 0.309 e. The van der Waals surface area contributed by atoms with Crippen LogP contribution in [0.5, 0.6) is 0 Å². The Morgan fingerprint density at radius 3 is 2.54 bits per heavy atom. The summed E-state index contributed by atoms with van der Waals surface area (Å²) in [4.78, 5) is 30.6. The summed E-state index contributed by atoms with van der Waals surface area (Å²) in [5.74, 6) is -1.55. The van der Waals surface area contributed by atoms with Gasteiger partial charge in [-0.2, -0.15) is 0 Å². The Bertz CT molecular complexity index is 955. The number of aromatic nitrogens is 1. The third-order valence-electron chi connectivity index (χ3n) is 7.93. The minimum atomic E-state index is -1.23. The van der Waals surface area contributed by atoms with E-state index in [-0.39, 0.29) is 29.8 Å². The van der Waals surface area contributed by atoms with E-state index in [9.17, 15) is 19.8 Å². The Labute approximate surface area is 212 Å². The second kappa shape index (κ2) is 10.8. The van der Waals surface area contributed by atoms with E-state index in [2.05, 4.69) is 11.9 Å². The average molecular weight is 508 g/mol. The second-order valence-corrected chi connectivity index (χ2v) is 12.3. The van der Waals surface area contributed by atoms with Crippen molar-refractivity contribution in [1.82, 2.24) is 4.98 Å². The molecule has 3 heterocycles. The first-order chi connectivity index (χ1) is 16.2. The molecular weight excluding hydrogens is 466 g/mol. The number of hydrogen-bond donors (Lipinski definition) is 2. The molecule has 0 saturated carbocycles. The van der Waals surface area contributed by atoms with Gasteiger partial charge in [-0.3, -0.25) is 9.59 Å². The minimum Gasteiger partial charge on any atom is -0.458 e. The lowest BCUT2D eigenvalue weighted by atomic mass is 9.73. The van der Waals surface area contributed by atoms with Crippen LogP contribution in [0.25, 0.3) is 6.08 Å². The highest BCUT2D eigenvalue weighted by Gasteiger charge is 2.53. The maximum Gasteiger partial charge on any atom is 0.309 e. The van der Waals surface area contributed by atoms with Gasteiger partial charge in [0.25, 0.3) is 0 Å². The number of hydrogen-bond acceptors (Lipinski definition) is 8. The molecule has 2 fully saturated rings. The Morgan fingerprint density at radius 2 is 1.91 bits per heavy atom. The van der Waals surface area contributed by atoms with Gasteiger partial charge in [0, 0.05) is 17.7 Å². The summed E-state index contributed by atoms with van der Waals surface area (Å²) < 4.78 is 11.9. The fourth-order valence-corrected chi connectivity index (χ4v) is 5.64. The van der Waals surface area contributed by atoms with Crippen LogP contribution in [0.1, 0.15) is 84.3 Å². The van der Waals surface area contributed by atoms with E-state index in [1.54, 1.807) is 32.1 Å². The molecule has 1 aromatic heterocycles. The van der Waals surface area contributed by atoms with Gasteiger partial charge in [0.15, 0.2) is 0 Å². The van der Waals surface area contributed by atoms with Crippen molar-refractivity contribution in [1.29, 1.82) is 0 Å². The minimum absolute atomic E-state index is 0.0455. The van der Waals surface area contributed by atoms with Crippen molar-refractivity contribution < 1.29 is 29.3 Å². The molecule has 3 rings (SSSR count). The van der Waals surface area contributed by atoms with E-state index in [1.165, 1.54) is 0 Å². The number of epoxide rings is 1. The summed E-state index contributed by atoms with van der Waals surface area (Å²) in [6, 6.07) is 0. The molecule has 2 saturated heterocycles. The summed E-state index contributed by atoms with van der Waals surface area (Å²) in [5, 5.41) is 24.6. The molecule has 0 aromatic carbocycles. The molecule has 7 nitrogen and oxygen atoms in total. The van der Waals surface area contributed by atoms with E-state index in [4.69, 9.17) is 9.47 Å². The molecule has 2 aliphatic heterocycles. The first-order valence-electron chi connectivity index (χ1n) is 12.6. The van der Waals surface area contributed by atoms with Crippen molar-refractivity contribution in [3.05, 3.63) is 21.7 Å². The predicted octanol–water partition coefficient (Wildman–Crippen LogP) is 4.48. The van der Waals surface area contributed by atoms with Crippen molar-refractivity contribution in [3.63, 3.8) is 0 Å². The molecule has 2 unspecified atom stereocenters. The molecule has 0 radical (unpaired) electrons. The van der Waals surface area contributed by atoms with E-state index >= 15 is 0 Å². The Morgan fingerprint density at radius 1 is 1.23 bits per heavy atom. The number of carbonyl (C=O) groups is 2. The molecule has 0 spiro atoms. The molecule has 7 atom stereocenters. The zero-order chi connectivity index (χ0) is 26.1. The maximum absolute atomic E-state index is 13.2. The molecule has 8 heteroatoms. The second-order valence-electron chi connectivity index (χ2n) is 11.3. The third-order valence-corrected chi connectivity index (χ3v) is 8.72. The van der Waals surface area contributed by atoms with Crippen LogP contribution in [0.4, 0.5) is 0 Å². The van der Waals surface area contributed by atoms with Gasteiger partial charge in [0.2, 0.25) is 0 Å². The fraction of sp³-hybridized carbons (Fsp3) is 0.741. The topological polar surface area (TPSA) is 109 Å². The summed E-state index contributed by atoms with van der Waals surface area (Å²) in [6.45, 7) is 12.8. The molecule has 1 aromatic rings. The molecule has 35 heavy (non-hydrogen) atoms. The van der Waals surface area contributed by atoms with Crippen LogP contribution in [0.3, 0.4) is 0 Å². The quantitative estimate of drug-likeness (QED) is 0.449. The van der Waals surface area contributed by atoms with Crippen molar-refractivity contribution in [3.8, 4) is 0 Å². The Hall–Kier alpha value is -1.61. The van der Waals surface area contributed by atoms with Crippen LogP contribution in [-0.2, 0) is 19.1 Å². The van der Waals surface area contributed by atoms with Gasteiger partial charge in [0.05, 0.1) is 46.5 Å². The standard InChI is InChI=1S/C27H41NO6S/c1-15-9-8-10-27(7)22(34-27)12-20(16(2)11-19-14-35-18(4)28-19)33-23(30)13-21(29)26(5,6)25(32)17(3)24(15)31/h11,14-15,17,20-22,24,29,31H,8-10,12-13H2,1-7H3/b16-11+/t15-,17+,20-,21-,22?,24-,27?/m0/s1. The lowest BCUT2D eigenvalue weighted by Crippen LogP contribution is -2.45. The first kappa shape index (κ1) is 28.0. The van der Waals surface area contributed by atoms with Crippen LogP contribution in [0.2, 0.25) is 0 Å². The van der Waals surface area contributed by atoms with Crippen LogP contribution < -0.4 is 0 Å². The number of rotatable bonds is 2. The number of thiazole rings is 1. The lowest BCUT2D eigenvalue weighted by molar-refractivity contribution is -0.154. The Balaban J connectivity index is 1.85.